The molecule has 90 valence electrons. The van der Waals surface area contributed by atoms with E-state index in [0.29, 0.717) is 10.3 Å². The van der Waals surface area contributed by atoms with Gasteiger partial charge >= 0.3 is 0 Å². The molecule has 0 aliphatic heterocycles. The molecule has 0 spiro atoms. The highest BCUT2D eigenvalue weighted by Crippen LogP contribution is 2.16. The van der Waals surface area contributed by atoms with Crippen molar-refractivity contribution >= 4 is 33.3 Å². The second-order valence-corrected chi connectivity index (χ2v) is 4.86. The van der Waals surface area contributed by atoms with Gasteiger partial charge in [0.1, 0.15) is 5.82 Å². The number of anilines is 1. The van der Waals surface area contributed by atoms with E-state index in [9.17, 15) is 0 Å². The molecule has 0 radical (unpaired) electrons. The standard InChI is InChI=1S/C6H12O.C4H3BrClN3/c7-6-4-2-1-3-5-6;5-2-1-8-4(6)9-3(2)7/h6-7H,1-5H2;1H,(H2,7,8,9). The van der Waals surface area contributed by atoms with E-state index in [1.165, 1.54) is 25.5 Å². The van der Waals surface area contributed by atoms with Gasteiger partial charge in [0.2, 0.25) is 5.28 Å². The summed E-state index contributed by atoms with van der Waals surface area (Å²) in [7, 11) is 0. The summed E-state index contributed by atoms with van der Waals surface area (Å²) < 4.78 is 0.659. The third-order valence-corrected chi connectivity index (χ3v) is 3.11. The molecule has 1 aliphatic carbocycles. The Morgan fingerprint density at radius 1 is 1.38 bits per heavy atom. The van der Waals surface area contributed by atoms with Crippen LogP contribution in [0.3, 0.4) is 0 Å². The van der Waals surface area contributed by atoms with Gasteiger partial charge in [-0.25, -0.2) is 4.98 Å². The molecule has 1 saturated carbocycles. The fraction of sp³-hybridized carbons (Fsp3) is 0.600. The molecule has 1 heterocycles. The summed E-state index contributed by atoms with van der Waals surface area (Å²) in [6, 6.07) is 0. The Labute approximate surface area is 108 Å². The first kappa shape index (κ1) is 13.7. The molecule has 1 aliphatic rings. The summed E-state index contributed by atoms with van der Waals surface area (Å²) in [5, 5.41) is 9.07. The number of aromatic nitrogens is 2. The molecule has 0 saturated heterocycles. The van der Waals surface area contributed by atoms with E-state index >= 15 is 0 Å². The van der Waals surface area contributed by atoms with E-state index in [0.717, 1.165) is 12.8 Å². The van der Waals surface area contributed by atoms with Crippen molar-refractivity contribution < 1.29 is 5.11 Å². The lowest BCUT2D eigenvalue weighted by Gasteiger charge is -2.14. The highest BCUT2D eigenvalue weighted by atomic mass is 79.9. The van der Waals surface area contributed by atoms with Crippen LogP contribution in [0.5, 0.6) is 0 Å². The molecule has 16 heavy (non-hydrogen) atoms. The van der Waals surface area contributed by atoms with Gasteiger partial charge in [-0.1, -0.05) is 19.3 Å². The van der Waals surface area contributed by atoms with Crippen LogP contribution in [0.2, 0.25) is 5.28 Å². The van der Waals surface area contributed by atoms with Crippen molar-refractivity contribution in [3.8, 4) is 0 Å². The zero-order valence-electron chi connectivity index (χ0n) is 8.87. The van der Waals surface area contributed by atoms with Gasteiger partial charge in [-0.2, -0.15) is 4.98 Å². The molecule has 0 atom stereocenters. The summed E-state index contributed by atoms with van der Waals surface area (Å²) in [5.41, 5.74) is 5.34. The fourth-order valence-electron chi connectivity index (χ4n) is 1.44. The topological polar surface area (TPSA) is 72.0 Å². The Bertz CT molecular complexity index is 332. The van der Waals surface area contributed by atoms with E-state index in [-0.39, 0.29) is 11.4 Å². The Morgan fingerprint density at radius 2 is 2.00 bits per heavy atom. The summed E-state index contributed by atoms with van der Waals surface area (Å²) in [5.74, 6) is 0.356. The zero-order chi connectivity index (χ0) is 12.0. The lowest BCUT2D eigenvalue weighted by Crippen LogP contribution is -2.09. The van der Waals surface area contributed by atoms with E-state index in [4.69, 9.17) is 22.4 Å². The number of hydrogen-bond donors (Lipinski definition) is 2. The Hall–Kier alpha value is -0.390. The Kier molecular flexibility index (Phi) is 6.01. The van der Waals surface area contributed by atoms with Crippen molar-refractivity contribution in [3.63, 3.8) is 0 Å². The van der Waals surface area contributed by atoms with E-state index < -0.39 is 0 Å². The zero-order valence-corrected chi connectivity index (χ0v) is 11.2. The molecular formula is C10H15BrClN3O. The molecule has 1 fully saturated rings. The van der Waals surface area contributed by atoms with Gasteiger partial charge in [-0.3, -0.25) is 0 Å². The van der Waals surface area contributed by atoms with Gasteiger partial charge in [0.15, 0.2) is 0 Å². The summed E-state index contributed by atoms with van der Waals surface area (Å²) in [6.07, 6.45) is 7.43. The minimum Gasteiger partial charge on any atom is -0.393 e. The van der Waals surface area contributed by atoms with Crippen LogP contribution in [0.25, 0.3) is 0 Å². The largest absolute Gasteiger partial charge is 0.393 e. The fourth-order valence-corrected chi connectivity index (χ4v) is 1.77. The molecule has 1 aromatic heterocycles. The van der Waals surface area contributed by atoms with Gasteiger partial charge < -0.3 is 10.8 Å². The van der Waals surface area contributed by atoms with Crippen LogP contribution in [-0.4, -0.2) is 21.2 Å². The van der Waals surface area contributed by atoms with Crippen molar-refractivity contribution in [2.45, 2.75) is 38.2 Å². The van der Waals surface area contributed by atoms with Crippen LogP contribution in [0.1, 0.15) is 32.1 Å². The van der Waals surface area contributed by atoms with Crippen LogP contribution in [0, 0.1) is 0 Å². The number of halogens is 2. The Balaban J connectivity index is 0.000000165. The van der Waals surface area contributed by atoms with Crippen molar-refractivity contribution in [1.82, 2.24) is 9.97 Å². The second-order valence-electron chi connectivity index (χ2n) is 3.66. The first-order valence-electron chi connectivity index (χ1n) is 5.21. The summed E-state index contributed by atoms with van der Waals surface area (Å²) in [6.45, 7) is 0. The van der Waals surface area contributed by atoms with Gasteiger partial charge in [0.25, 0.3) is 0 Å². The molecule has 0 aromatic carbocycles. The normalized spacial score (nSPS) is 16.4. The molecule has 6 heteroatoms. The first-order chi connectivity index (χ1) is 7.59. The molecule has 4 nitrogen and oxygen atoms in total. The monoisotopic (exact) mass is 307 g/mol. The van der Waals surface area contributed by atoms with Crippen molar-refractivity contribution in [2.24, 2.45) is 0 Å². The number of nitrogens with zero attached hydrogens (tertiary/aromatic N) is 2. The second kappa shape index (κ2) is 7.04. The Morgan fingerprint density at radius 3 is 2.38 bits per heavy atom. The van der Waals surface area contributed by atoms with Crippen molar-refractivity contribution in [2.75, 3.05) is 5.73 Å². The molecule has 2 rings (SSSR count). The van der Waals surface area contributed by atoms with Crippen molar-refractivity contribution in [3.05, 3.63) is 16.0 Å². The molecule has 0 bridgehead atoms. The number of hydrogen-bond acceptors (Lipinski definition) is 4. The molecule has 1 aromatic rings. The highest BCUT2D eigenvalue weighted by Gasteiger charge is 2.07. The number of nitrogen functional groups attached to an aromatic ring is 1. The first-order valence-corrected chi connectivity index (χ1v) is 6.38. The average Bonchev–Trinajstić information content (AvgIpc) is 2.26. The van der Waals surface area contributed by atoms with E-state index in [2.05, 4.69) is 25.9 Å². The smallest absolute Gasteiger partial charge is 0.224 e. The van der Waals surface area contributed by atoms with Gasteiger partial charge in [0, 0.05) is 6.20 Å². The summed E-state index contributed by atoms with van der Waals surface area (Å²) >= 11 is 8.51. The summed E-state index contributed by atoms with van der Waals surface area (Å²) in [4.78, 5) is 7.33. The maximum Gasteiger partial charge on any atom is 0.224 e. The SMILES string of the molecule is Nc1nc(Cl)ncc1Br.OC1CCCCC1. The van der Waals surface area contributed by atoms with Crippen LogP contribution in [-0.2, 0) is 0 Å². The molecule has 0 amide bonds. The van der Waals surface area contributed by atoms with Crippen molar-refractivity contribution in [1.29, 1.82) is 0 Å². The average molecular weight is 309 g/mol. The predicted molar refractivity (Wildman–Crippen MR) is 68.2 cm³/mol. The molecule has 3 N–H and O–H groups in total. The van der Waals surface area contributed by atoms with Crippen LogP contribution >= 0.6 is 27.5 Å². The molecule has 0 unspecified atom stereocenters. The maximum absolute atomic E-state index is 8.91. The lowest BCUT2D eigenvalue weighted by atomic mass is 9.98. The van der Waals surface area contributed by atoms with Gasteiger partial charge in [-0.05, 0) is 40.4 Å². The minimum atomic E-state index is 0.0359. The number of aliphatic hydroxyl groups is 1. The van der Waals surface area contributed by atoms with Crippen LogP contribution < -0.4 is 5.73 Å². The van der Waals surface area contributed by atoms with Crippen LogP contribution in [0.4, 0.5) is 5.82 Å². The van der Waals surface area contributed by atoms with E-state index in [1.54, 1.807) is 0 Å². The van der Waals surface area contributed by atoms with Crippen LogP contribution in [0.15, 0.2) is 10.7 Å². The number of rotatable bonds is 0. The number of nitrogens with two attached hydrogens (primary N) is 1. The highest BCUT2D eigenvalue weighted by molar-refractivity contribution is 9.10. The minimum absolute atomic E-state index is 0.0359. The third-order valence-electron chi connectivity index (χ3n) is 2.32. The quantitative estimate of drug-likeness (QED) is 0.723. The van der Waals surface area contributed by atoms with Gasteiger partial charge in [0.05, 0.1) is 10.6 Å². The number of aliphatic hydroxyl groups excluding tert-OH is 1. The lowest BCUT2D eigenvalue weighted by molar-refractivity contribution is 0.130. The van der Waals surface area contributed by atoms with Gasteiger partial charge in [-0.15, -0.1) is 0 Å². The van der Waals surface area contributed by atoms with E-state index in [1.807, 2.05) is 0 Å². The third kappa shape index (κ3) is 5.09. The predicted octanol–water partition coefficient (Wildman–Crippen LogP) is 2.79. The molecular weight excluding hydrogens is 293 g/mol. The maximum atomic E-state index is 8.91.